The number of aromatic nitrogens is 2. The van der Waals surface area contributed by atoms with Crippen LogP contribution in [0.3, 0.4) is 0 Å². The molecular formula is C30H39F2N5O5. The average Bonchev–Trinajstić information content (AvgIpc) is 3.67. The molecule has 5 rings (SSSR count). The monoisotopic (exact) mass is 587 g/mol. The topological polar surface area (TPSA) is 129 Å². The molecule has 2 aliphatic heterocycles. The van der Waals surface area contributed by atoms with Crippen LogP contribution in [0.2, 0.25) is 0 Å². The Morgan fingerprint density at radius 1 is 1.14 bits per heavy atom. The zero-order valence-corrected chi connectivity index (χ0v) is 24.3. The lowest BCUT2D eigenvalue weighted by molar-refractivity contribution is -0.132. The second kappa shape index (κ2) is 12.0. The van der Waals surface area contributed by atoms with Crippen LogP contribution < -0.4 is 11.1 Å². The second-order valence-corrected chi connectivity index (χ2v) is 12.6. The van der Waals surface area contributed by atoms with Gasteiger partial charge in [0.15, 0.2) is 11.6 Å². The van der Waals surface area contributed by atoms with E-state index < -0.39 is 47.2 Å². The van der Waals surface area contributed by atoms with Gasteiger partial charge in [-0.3, -0.25) is 19.2 Å². The highest BCUT2D eigenvalue weighted by atomic mass is 19.2. The Hall–Kier alpha value is -3.54. The van der Waals surface area contributed by atoms with Crippen LogP contribution >= 0.6 is 0 Å². The smallest absolute Gasteiger partial charge is 0.411 e. The lowest BCUT2D eigenvalue weighted by atomic mass is 9.96. The standard InChI is InChI=1S/C30H39F2N5O5/c1-30(2,3)42-29(40)37-21-6-4-19(12-21)26(37)28(39)35-23(27(33)38)13-18-5-7-22(25(32)24(18)31)20-14-34-36(16-20)15-17-8-10-41-11-9-17/h5,7,14,16-17,19,21,23,26H,4,6,8-13,15H2,1-3H3,(H2,33,38)(H,35,39)/t19-,21+,23-,26-/m0/s1. The zero-order valence-electron chi connectivity index (χ0n) is 24.3. The van der Waals surface area contributed by atoms with Gasteiger partial charge in [-0.25, -0.2) is 13.6 Å². The molecule has 3 amide bonds. The third-order valence-corrected chi connectivity index (χ3v) is 8.43. The number of ether oxygens (including phenoxy) is 2. The number of piperidine rings is 1. The summed E-state index contributed by atoms with van der Waals surface area (Å²) in [4.78, 5) is 40.1. The Morgan fingerprint density at radius 2 is 1.88 bits per heavy atom. The van der Waals surface area contributed by atoms with Crippen molar-refractivity contribution in [3.8, 4) is 11.1 Å². The van der Waals surface area contributed by atoms with Gasteiger partial charge in [-0.1, -0.05) is 12.1 Å². The summed E-state index contributed by atoms with van der Waals surface area (Å²) in [6.07, 6.45) is 6.27. The van der Waals surface area contributed by atoms with Crippen LogP contribution in [0.25, 0.3) is 11.1 Å². The molecule has 10 nitrogen and oxygen atoms in total. The van der Waals surface area contributed by atoms with Crippen molar-refractivity contribution in [2.24, 2.45) is 17.6 Å². The number of nitrogens with two attached hydrogens (primary N) is 1. The van der Waals surface area contributed by atoms with Crippen molar-refractivity contribution in [3.05, 3.63) is 41.7 Å². The summed E-state index contributed by atoms with van der Waals surface area (Å²) >= 11 is 0. The molecule has 3 N–H and O–H groups in total. The molecule has 3 aliphatic rings. The molecule has 12 heteroatoms. The SMILES string of the molecule is CC(C)(C)OC(=O)N1[C@@H]2CC[C@@H](C2)[C@H]1C(=O)N[C@@H](Cc1ccc(-c2cnn(CC3CCOCC3)c2)c(F)c1F)C(N)=O. The zero-order chi connectivity index (χ0) is 30.2. The Bertz CT molecular complexity index is 1340. The maximum absolute atomic E-state index is 15.3. The van der Waals surface area contributed by atoms with E-state index in [1.165, 1.54) is 23.2 Å². The van der Waals surface area contributed by atoms with E-state index in [9.17, 15) is 14.4 Å². The number of amides is 3. The van der Waals surface area contributed by atoms with Gasteiger partial charge in [0.05, 0.1) is 6.20 Å². The van der Waals surface area contributed by atoms with Crippen molar-refractivity contribution in [2.75, 3.05) is 13.2 Å². The molecule has 0 unspecified atom stereocenters. The highest BCUT2D eigenvalue weighted by Gasteiger charge is 2.52. The summed E-state index contributed by atoms with van der Waals surface area (Å²) in [6, 6.07) is 0.550. The minimum atomic E-state index is -1.31. The molecular weight excluding hydrogens is 548 g/mol. The van der Waals surface area contributed by atoms with Crippen molar-refractivity contribution in [2.45, 2.75) is 89.6 Å². The van der Waals surface area contributed by atoms with Crippen LogP contribution in [-0.4, -0.2) is 69.5 Å². The number of nitrogens with zero attached hydrogens (tertiary/aromatic N) is 3. The maximum atomic E-state index is 15.3. The molecule has 1 saturated carbocycles. The highest BCUT2D eigenvalue weighted by Crippen LogP contribution is 2.43. The van der Waals surface area contributed by atoms with Crippen molar-refractivity contribution < 1.29 is 32.6 Å². The summed E-state index contributed by atoms with van der Waals surface area (Å²) in [5.74, 6) is -3.33. The van der Waals surface area contributed by atoms with Gasteiger partial charge in [0.2, 0.25) is 11.8 Å². The second-order valence-electron chi connectivity index (χ2n) is 12.6. The number of carbonyl (C=O) groups is 3. The first kappa shape index (κ1) is 29.9. The van der Waals surface area contributed by atoms with Gasteiger partial charge in [-0.15, -0.1) is 0 Å². The van der Waals surface area contributed by atoms with Gasteiger partial charge >= 0.3 is 6.09 Å². The van der Waals surface area contributed by atoms with E-state index in [1.54, 1.807) is 31.6 Å². The van der Waals surface area contributed by atoms with Crippen molar-refractivity contribution in [1.29, 1.82) is 0 Å². The quantitative estimate of drug-likeness (QED) is 0.486. The minimum Gasteiger partial charge on any atom is -0.444 e. The van der Waals surface area contributed by atoms with Gasteiger partial charge in [-0.2, -0.15) is 5.10 Å². The molecule has 4 atom stereocenters. The third kappa shape index (κ3) is 6.43. The van der Waals surface area contributed by atoms with E-state index in [-0.39, 0.29) is 29.5 Å². The van der Waals surface area contributed by atoms with Crippen LogP contribution in [0, 0.1) is 23.5 Å². The van der Waals surface area contributed by atoms with E-state index in [4.69, 9.17) is 15.2 Å². The van der Waals surface area contributed by atoms with Gasteiger partial charge in [0, 0.05) is 49.5 Å². The number of primary amides is 1. The molecule has 1 aromatic heterocycles. The predicted molar refractivity (Wildman–Crippen MR) is 149 cm³/mol. The lowest BCUT2D eigenvalue weighted by Gasteiger charge is -2.36. The molecule has 1 aliphatic carbocycles. The fraction of sp³-hybridized carbons (Fsp3) is 0.600. The van der Waals surface area contributed by atoms with E-state index in [1.807, 2.05) is 0 Å². The Labute approximate surface area is 243 Å². The summed E-state index contributed by atoms with van der Waals surface area (Å²) < 4.78 is 43.2. The maximum Gasteiger partial charge on any atom is 0.411 e. The number of halogens is 2. The first-order valence-electron chi connectivity index (χ1n) is 14.6. The number of hydrogen-bond acceptors (Lipinski definition) is 6. The molecule has 2 saturated heterocycles. The third-order valence-electron chi connectivity index (χ3n) is 8.43. The molecule has 3 heterocycles. The summed E-state index contributed by atoms with van der Waals surface area (Å²) in [5, 5.41) is 6.92. The molecule has 2 aromatic rings. The number of benzene rings is 1. The average molecular weight is 588 g/mol. The summed E-state index contributed by atoms with van der Waals surface area (Å²) in [6.45, 7) is 7.31. The summed E-state index contributed by atoms with van der Waals surface area (Å²) in [7, 11) is 0. The molecule has 2 bridgehead atoms. The van der Waals surface area contributed by atoms with Crippen molar-refractivity contribution in [1.82, 2.24) is 20.0 Å². The number of fused-ring (bicyclic) bond motifs is 2. The van der Waals surface area contributed by atoms with E-state index in [0.29, 0.717) is 37.7 Å². The molecule has 0 radical (unpaired) electrons. The van der Waals surface area contributed by atoms with Gasteiger partial charge in [0.1, 0.15) is 17.7 Å². The highest BCUT2D eigenvalue weighted by molar-refractivity contribution is 5.91. The van der Waals surface area contributed by atoms with Crippen LogP contribution in [0.5, 0.6) is 0 Å². The molecule has 42 heavy (non-hydrogen) atoms. The van der Waals surface area contributed by atoms with E-state index in [0.717, 1.165) is 25.7 Å². The number of hydrogen-bond donors (Lipinski definition) is 2. The van der Waals surface area contributed by atoms with Crippen molar-refractivity contribution >= 4 is 17.9 Å². The number of likely N-dealkylation sites (tertiary alicyclic amines) is 1. The first-order valence-corrected chi connectivity index (χ1v) is 14.6. The fourth-order valence-electron chi connectivity index (χ4n) is 6.37. The van der Waals surface area contributed by atoms with E-state index >= 15 is 8.78 Å². The normalized spacial score (nSPS) is 23.2. The molecule has 228 valence electrons. The number of carbonyl (C=O) groups excluding carboxylic acids is 3. The van der Waals surface area contributed by atoms with Gasteiger partial charge in [-0.05, 0) is 70.3 Å². The van der Waals surface area contributed by atoms with Gasteiger partial charge < -0.3 is 20.5 Å². The number of nitrogens with one attached hydrogen (secondary N) is 1. The van der Waals surface area contributed by atoms with Gasteiger partial charge in [0.25, 0.3) is 0 Å². The minimum absolute atomic E-state index is 0.0455. The Morgan fingerprint density at radius 3 is 2.57 bits per heavy atom. The molecule has 0 spiro atoms. The predicted octanol–water partition coefficient (Wildman–Crippen LogP) is 3.56. The van der Waals surface area contributed by atoms with Crippen LogP contribution in [0.4, 0.5) is 13.6 Å². The van der Waals surface area contributed by atoms with Crippen LogP contribution in [0.15, 0.2) is 24.5 Å². The lowest BCUT2D eigenvalue weighted by Crippen LogP contribution is -2.57. The van der Waals surface area contributed by atoms with Crippen molar-refractivity contribution in [3.63, 3.8) is 0 Å². The largest absolute Gasteiger partial charge is 0.444 e. The van der Waals surface area contributed by atoms with Crippen LogP contribution in [0.1, 0.15) is 58.4 Å². The Balaban J connectivity index is 1.28. The first-order chi connectivity index (χ1) is 19.9. The molecule has 3 fully saturated rings. The number of rotatable bonds is 8. The Kier molecular flexibility index (Phi) is 8.54. The summed E-state index contributed by atoms with van der Waals surface area (Å²) in [5.41, 5.74) is 5.21. The fourth-order valence-corrected chi connectivity index (χ4v) is 6.37. The molecule has 1 aromatic carbocycles. The van der Waals surface area contributed by atoms with E-state index in [2.05, 4.69) is 10.4 Å². The van der Waals surface area contributed by atoms with Crippen LogP contribution in [-0.2, 0) is 32.0 Å².